The predicted molar refractivity (Wildman–Crippen MR) is 91.0 cm³/mol. The number of hydrogen-bond donors (Lipinski definition) is 2. The Hall–Kier alpha value is -1.48. The highest BCUT2D eigenvalue weighted by atomic mass is 32.2. The topological polar surface area (TPSA) is 87.7 Å². The molecule has 2 rings (SSSR count). The van der Waals surface area contributed by atoms with E-state index in [0.29, 0.717) is 32.8 Å². The van der Waals surface area contributed by atoms with E-state index in [4.69, 9.17) is 4.74 Å². The van der Waals surface area contributed by atoms with E-state index in [2.05, 4.69) is 10.6 Å². The molecular formula is C16H25N3O4S. The summed E-state index contributed by atoms with van der Waals surface area (Å²) in [5.74, 6) is -0.165. The van der Waals surface area contributed by atoms with Crippen molar-refractivity contribution in [2.75, 3.05) is 32.8 Å². The summed E-state index contributed by atoms with van der Waals surface area (Å²) in [5.41, 5.74) is 0.839. The van der Waals surface area contributed by atoms with Crippen LogP contribution in [0.2, 0.25) is 0 Å². The Kier molecular flexibility index (Phi) is 6.73. The second-order valence-corrected chi connectivity index (χ2v) is 7.45. The maximum atomic E-state index is 12.4. The summed E-state index contributed by atoms with van der Waals surface area (Å²) in [7, 11) is -3.45. The SMILES string of the molecule is CCN(CC)S(=O)(=O)c1ccc(CNC(=O)C2CNCCO2)cc1. The van der Waals surface area contributed by atoms with Crippen LogP contribution in [-0.2, 0) is 26.1 Å². The molecule has 0 saturated carbocycles. The molecule has 0 aliphatic carbocycles. The van der Waals surface area contributed by atoms with E-state index in [0.717, 1.165) is 12.1 Å². The van der Waals surface area contributed by atoms with E-state index in [1.807, 2.05) is 13.8 Å². The number of ether oxygens (including phenoxy) is 1. The number of nitrogens with one attached hydrogen (secondary N) is 2. The van der Waals surface area contributed by atoms with Crippen molar-refractivity contribution in [2.24, 2.45) is 0 Å². The molecule has 8 heteroatoms. The van der Waals surface area contributed by atoms with Gasteiger partial charge >= 0.3 is 0 Å². The zero-order chi connectivity index (χ0) is 17.6. The van der Waals surface area contributed by atoms with E-state index in [1.165, 1.54) is 4.31 Å². The number of sulfonamides is 1. The molecule has 0 bridgehead atoms. The molecule has 1 atom stereocenters. The molecule has 0 radical (unpaired) electrons. The van der Waals surface area contributed by atoms with Crippen molar-refractivity contribution < 1.29 is 17.9 Å². The van der Waals surface area contributed by atoms with E-state index in [-0.39, 0.29) is 10.8 Å². The third-order valence-electron chi connectivity index (χ3n) is 3.95. The van der Waals surface area contributed by atoms with Gasteiger partial charge in [-0.05, 0) is 17.7 Å². The number of rotatable bonds is 7. The predicted octanol–water partition coefficient (Wildman–Crippen LogP) is 0.322. The summed E-state index contributed by atoms with van der Waals surface area (Å²) in [5, 5.41) is 5.91. The lowest BCUT2D eigenvalue weighted by Crippen LogP contribution is -2.47. The Morgan fingerprint density at radius 2 is 1.96 bits per heavy atom. The van der Waals surface area contributed by atoms with Crippen molar-refractivity contribution in [1.29, 1.82) is 0 Å². The van der Waals surface area contributed by atoms with Crippen LogP contribution in [0.25, 0.3) is 0 Å². The van der Waals surface area contributed by atoms with Crippen LogP contribution in [0.1, 0.15) is 19.4 Å². The second kappa shape index (κ2) is 8.57. The molecule has 2 N–H and O–H groups in total. The van der Waals surface area contributed by atoms with E-state index >= 15 is 0 Å². The van der Waals surface area contributed by atoms with Crippen LogP contribution in [-0.4, -0.2) is 57.5 Å². The second-order valence-electron chi connectivity index (χ2n) is 5.51. The minimum Gasteiger partial charge on any atom is -0.366 e. The molecule has 1 amide bonds. The van der Waals surface area contributed by atoms with Gasteiger partial charge < -0.3 is 15.4 Å². The third kappa shape index (κ3) is 4.54. The highest BCUT2D eigenvalue weighted by Gasteiger charge is 2.22. The molecular weight excluding hydrogens is 330 g/mol. The van der Waals surface area contributed by atoms with Crippen LogP contribution in [0.5, 0.6) is 0 Å². The van der Waals surface area contributed by atoms with Gasteiger partial charge in [-0.2, -0.15) is 4.31 Å². The largest absolute Gasteiger partial charge is 0.366 e. The van der Waals surface area contributed by atoms with Crippen LogP contribution >= 0.6 is 0 Å². The van der Waals surface area contributed by atoms with Gasteiger partial charge in [0.2, 0.25) is 10.0 Å². The Labute approximate surface area is 143 Å². The molecule has 1 saturated heterocycles. The fourth-order valence-corrected chi connectivity index (χ4v) is 3.99. The zero-order valence-electron chi connectivity index (χ0n) is 14.1. The number of benzene rings is 1. The Morgan fingerprint density at radius 1 is 1.29 bits per heavy atom. The number of nitrogens with zero attached hydrogens (tertiary/aromatic N) is 1. The summed E-state index contributed by atoms with van der Waals surface area (Å²) in [4.78, 5) is 12.3. The summed E-state index contributed by atoms with van der Waals surface area (Å²) in [6, 6.07) is 6.59. The first-order valence-corrected chi connectivity index (χ1v) is 9.62. The molecule has 7 nitrogen and oxygen atoms in total. The number of hydrogen-bond acceptors (Lipinski definition) is 5. The van der Waals surface area contributed by atoms with Gasteiger partial charge in [0.25, 0.3) is 5.91 Å². The normalized spacial score (nSPS) is 18.5. The van der Waals surface area contributed by atoms with Crippen molar-refractivity contribution in [1.82, 2.24) is 14.9 Å². The van der Waals surface area contributed by atoms with Gasteiger partial charge in [0.05, 0.1) is 11.5 Å². The maximum absolute atomic E-state index is 12.4. The van der Waals surface area contributed by atoms with Gasteiger partial charge in [-0.1, -0.05) is 26.0 Å². The molecule has 1 aliphatic heterocycles. The summed E-state index contributed by atoms with van der Waals surface area (Å²) < 4.78 is 31.6. The molecule has 1 fully saturated rings. The van der Waals surface area contributed by atoms with Crippen LogP contribution in [0, 0.1) is 0 Å². The van der Waals surface area contributed by atoms with Crippen molar-refractivity contribution in [3.8, 4) is 0 Å². The highest BCUT2D eigenvalue weighted by Crippen LogP contribution is 2.16. The molecule has 0 aromatic heterocycles. The monoisotopic (exact) mass is 355 g/mol. The van der Waals surface area contributed by atoms with Gasteiger partial charge in [-0.3, -0.25) is 4.79 Å². The maximum Gasteiger partial charge on any atom is 0.250 e. The third-order valence-corrected chi connectivity index (χ3v) is 6.02. The van der Waals surface area contributed by atoms with E-state index in [9.17, 15) is 13.2 Å². The van der Waals surface area contributed by atoms with Crippen LogP contribution in [0.15, 0.2) is 29.2 Å². The molecule has 1 aromatic rings. The standard InChI is InChI=1S/C16H25N3O4S/c1-3-19(4-2)24(21,22)14-7-5-13(6-8-14)11-18-16(20)15-12-17-9-10-23-15/h5-8,15,17H,3-4,9-12H2,1-2H3,(H,18,20). The minimum absolute atomic E-state index is 0.165. The number of amides is 1. The van der Waals surface area contributed by atoms with Crippen molar-refractivity contribution in [3.05, 3.63) is 29.8 Å². The Balaban J connectivity index is 1.95. The van der Waals surface area contributed by atoms with Gasteiger partial charge in [0.15, 0.2) is 0 Å². The smallest absolute Gasteiger partial charge is 0.250 e. The average Bonchev–Trinajstić information content (AvgIpc) is 2.61. The van der Waals surface area contributed by atoms with E-state index < -0.39 is 16.1 Å². The molecule has 24 heavy (non-hydrogen) atoms. The summed E-state index contributed by atoms with van der Waals surface area (Å²) in [6.07, 6.45) is -0.471. The van der Waals surface area contributed by atoms with E-state index in [1.54, 1.807) is 24.3 Å². The van der Waals surface area contributed by atoms with Gasteiger partial charge in [-0.15, -0.1) is 0 Å². The lowest BCUT2D eigenvalue weighted by Gasteiger charge is -2.22. The lowest BCUT2D eigenvalue weighted by atomic mass is 10.2. The van der Waals surface area contributed by atoms with Gasteiger partial charge in [0, 0.05) is 32.7 Å². The molecule has 1 aromatic carbocycles. The van der Waals surface area contributed by atoms with Crippen molar-refractivity contribution >= 4 is 15.9 Å². The lowest BCUT2D eigenvalue weighted by molar-refractivity contribution is -0.134. The van der Waals surface area contributed by atoms with Crippen molar-refractivity contribution in [3.63, 3.8) is 0 Å². The summed E-state index contributed by atoms with van der Waals surface area (Å²) >= 11 is 0. The Bertz CT molecular complexity index is 636. The first-order valence-electron chi connectivity index (χ1n) is 8.18. The first kappa shape index (κ1) is 18.9. The summed E-state index contributed by atoms with van der Waals surface area (Å²) in [6.45, 7) is 6.62. The van der Waals surface area contributed by atoms with Gasteiger partial charge in [-0.25, -0.2) is 8.42 Å². The number of carbonyl (C=O) groups is 1. The highest BCUT2D eigenvalue weighted by molar-refractivity contribution is 7.89. The first-order chi connectivity index (χ1) is 11.5. The molecule has 1 unspecified atom stereocenters. The van der Waals surface area contributed by atoms with Crippen LogP contribution < -0.4 is 10.6 Å². The quantitative estimate of drug-likeness (QED) is 0.736. The van der Waals surface area contributed by atoms with Crippen molar-refractivity contribution in [2.45, 2.75) is 31.4 Å². The fourth-order valence-electron chi connectivity index (χ4n) is 2.53. The molecule has 0 spiro atoms. The molecule has 1 heterocycles. The van der Waals surface area contributed by atoms with Gasteiger partial charge in [0.1, 0.15) is 6.10 Å². The number of morpholine rings is 1. The molecule has 134 valence electrons. The minimum atomic E-state index is -3.45. The van der Waals surface area contributed by atoms with Crippen LogP contribution in [0.4, 0.5) is 0 Å². The molecule has 1 aliphatic rings. The van der Waals surface area contributed by atoms with Crippen LogP contribution in [0.3, 0.4) is 0 Å². The number of carbonyl (C=O) groups excluding carboxylic acids is 1. The average molecular weight is 355 g/mol. The Morgan fingerprint density at radius 3 is 2.50 bits per heavy atom. The fraction of sp³-hybridized carbons (Fsp3) is 0.562. The zero-order valence-corrected chi connectivity index (χ0v) is 14.9.